The van der Waals surface area contributed by atoms with Gasteiger partial charge in [-0.3, -0.25) is 23.6 Å². The number of hydrogen-bond acceptors (Lipinski definition) is 8. The smallest absolute Gasteiger partial charge is 0.358 e. The number of pyridine rings is 1. The number of aromatic nitrogens is 1. The normalized spacial score (nSPS) is 12.9. The molecule has 0 saturated carbocycles. The Hall–Kier alpha value is -3.71. The Bertz CT molecular complexity index is 1340. The predicted molar refractivity (Wildman–Crippen MR) is 114 cm³/mol. The lowest BCUT2D eigenvalue weighted by molar-refractivity contribution is -0.384. The van der Waals surface area contributed by atoms with E-state index in [-0.39, 0.29) is 21.2 Å². The van der Waals surface area contributed by atoms with Crippen LogP contribution >= 0.6 is 0 Å². The van der Waals surface area contributed by atoms with Gasteiger partial charge >= 0.3 is 10.1 Å². The Morgan fingerprint density at radius 3 is 2.47 bits per heavy atom. The van der Waals surface area contributed by atoms with Crippen LogP contribution in [-0.2, 0) is 25.2 Å². The lowest BCUT2D eigenvalue weighted by Crippen LogP contribution is -2.19. The average molecular weight is 478 g/mol. The van der Waals surface area contributed by atoms with Crippen molar-refractivity contribution in [2.24, 2.45) is 10.9 Å². The van der Waals surface area contributed by atoms with Crippen molar-refractivity contribution in [3.63, 3.8) is 0 Å². The molecule has 166 valence electrons. The Labute approximate surface area is 184 Å². The first-order chi connectivity index (χ1) is 15.1. The Balaban J connectivity index is 1.91. The molecular weight excluding hydrogens is 463 g/mol. The fraction of sp³-hybridized carbons (Fsp3) is 0.0526. The lowest BCUT2D eigenvalue weighted by Gasteiger charge is -2.09. The first-order valence-corrected chi connectivity index (χ1v) is 11.7. The molecule has 2 N–H and O–H groups in total. The van der Waals surface area contributed by atoms with E-state index in [1.807, 2.05) is 0 Å². The zero-order valence-electron chi connectivity index (χ0n) is 16.3. The van der Waals surface area contributed by atoms with Gasteiger partial charge < -0.3 is 5.73 Å². The quantitative estimate of drug-likeness (QED) is 0.235. The van der Waals surface area contributed by atoms with E-state index < -0.39 is 37.5 Å². The van der Waals surface area contributed by atoms with E-state index in [0.29, 0.717) is 11.1 Å². The fourth-order valence-corrected chi connectivity index (χ4v) is 4.05. The number of rotatable bonds is 7. The van der Waals surface area contributed by atoms with E-state index in [1.165, 1.54) is 36.7 Å². The second-order valence-corrected chi connectivity index (χ2v) is 9.17. The highest BCUT2D eigenvalue weighted by atomic mass is 32.2. The van der Waals surface area contributed by atoms with Crippen LogP contribution in [-0.4, -0.2) is 34.6 Å². The highest BCUT2D eigenvalue weighted by Gasteiger charge is 2.20. The van der Waals surface area contributed by atoms with E-state index >= 15 is 0 Å². The van der Waals surface area contributed by atoms with Gasteiger partial charge in [0.15, 0.2) is 5.84 Å². The number of halogens is 1. The largest absolute Gasteiger partial charge is 0.379 e. The molecule has 1 atom stereocenters. The molecule has 3 aromatic rings. The molecule has 0 radical (unpaired) electrons. The van der Waals surface area contributed by atoms with Crippen LogP contribution in [0.5, 0.6) is 0 Å². The van der Waals surface area contributed by atoms with Crippen molar-refractivity contribution in [3.8, 4) is 11.1 Å². The topological polar surface area (TPSA) is 155 Å². The maximum Gasteiger partial charge on any atom is 0.358 e. The predicted octanol–water partition coefficient (Wildman–Crippen LogP) is 2.56. The van der Waals surface area contributed by atoms with Crippen molar-refractivity contribution in [1.82, 2.24) is 4.98 Å². The van der Waals surface area contributed by atoms with Crippen LogP contribution in [0.3, 0.4) is 0 Å². The summed E-state index contributed by atoms with van der Waals surface area (Å²) in [7, 11) is -6.03. The van der Waals surface area contributed by atoms with Gasteiger partial charge in [-0.1, -0.05) is 12.1 Å². The maximum absolute atomic E-state index is 13.5. The molecule has 0 aliphatic rings. The number of nitro benzene ring substituents is 1. The van der Waals surface area contributed by atoms with Crippen molar-refractivity contribution < 1.29 is 26.2 Å². The third-order valence-corrected chi connectivity index (χ3v) is 6.18. The highest BCUT2D eigenvalue weighted by Crippen LogP contribution is 2.24. The molecule has 0 saturated heterocycles. The Kier molecular flexibility index (Phi) is 6.60. The van der Waals surface area contributed by atoms with Crippen LogP contribution in [0.15, 0.2) is 75.7 Å². The van der Waals surface area contributed by atoms with Gasteiger partial charge in [0, 0.05) is 30.1 Å². The van der Waals surface area contributed by atoms with Crippen molar-refractivity contribution in [2.75, 3.05) is 6.26 Å². The Morgan fingerprint density at radius 1 is 1.19 bits per heavy atom. The number of amidine groups is 1. The van der Waals surface area contributed by atoms with E-state index in [1.54, 1.807) is 6.07 Å². The molecule has 0 aliphatic heterocycles. The van der Waals surface area contributed by atoms with Gasteiger partial charge in [-0.2, -0.15) is 8.42 Å². The third-order valence-electron chi connectivity index (χ3n) is 4.13. The van der Waals surface area contributed by atoms with Crippen LogP contribution in [0.2, 0.25) is 0 Å². The zero-order chi connectivity index (χ0) is 23.5. The molecule has 10 nitrogen and oxygen atoms in total. The molecule has 0 fully saturated rings. The average Bonchev–Trinajstić information content (AvgIpc) is 2.77. The van der Waals surface area contributed by atoms with E-state index in [0.717, 1.165) is 24.3 Å². The van der Waals surface area contributed by atoms with Gasteiger partial charge in [-0.15, -0.1) is 0 Å². The first-order valence-electron chi connectivity index (χ1n) is 8.70. The van der Waals surface area contributed by atoms with Crippen molar-refractivity contribution in [1.29, 1.82) is 0 Å². The molecule has 13 heteroatoms. The summed E-state index contributed by atoms with van der Waals surface area (Å²) in [6.07, 6.45) is 2.70. The SMILES string of the molecule is C[S@](=O)c1cc(-c2cccc(F)c2)cnc1/C(N)=N/OS(=O)(=O)c1ccc([N+](=O)[O-])cc1. The van der Waals surface area contributed by atoms with Gasteiger partial charge in [0.2, 0.25) is 0 Å². The highest BCUT2D eigenvalue weighted by molar-refractivity contribution is 7.86. The lowest BCUT2D eigenvalue weighted by atomic mass is 10.1. The number of nitrogens with two attached hydrogens (primary N) is 1. The standard InChI is InChI=1S/C19H15FN4O6S2/c1-31(27)17-10-13(12-3-2-4-14(20)9-12)11-22-18(17)19(21)23-30-32(28,29)16-7-5-15(6-8-16)24(25)26/h2-11H,1H3,(H2,21,23)/t31-/m0/s1. The second-order valence-electron chi connectivity index (χ2n) is 6.29. The van der Waals surface area contributed by atoms with Crippen LogP contribution in [0.25, 0.3) is 11.1 Å². The number of hydrogen-bond donors (Lipinski definition) is 1. The summed E-state index contributed by atoms with van der Waals surface area (Å²) < 4.78 is 54.8. The van der Waals surface area contributed by atoms with Crippen LogP contribution in [0.4, 0.5) is 10.1 Å². The van der Waals surface area contributed by atoms with Crippen LogP contribution in [0.1, 0.15) is 5.69 Å². The van der Waals surface area contributed by atoms with Crippen molar-refractivity contribution in [3.05, 3.63) is 82.4 Å². The minimum Gasteiger partial charge on any atom is -0.379 e. The van der Waals surface area contributed by atoms with E-state index in [2.05, 4.69) is 14.4 Å². The van der Waals surface area contributed by atoms with Gasteiger partial charge in [0.25, 0.3) is 5.69 Å². The molecule has 0 unspecified atom stereocenters. The number of nitrogens with zero attached hydrogens (tertiary/aromatic N) is 3. The monoisotopic (exact) mass is 478 g/mol. The molecule has 32 heavy (non-hydrogen) atoms. The van der Waals surface area contributed by atoms with Gasteiger partial charge in [-0.05, 0) is 41.1 Å². The van der Waals surface area contributed by atoms with Crippen LogP contribution < -0.4 is 5.73 Å². The van der Waals surface area contributed by atoms with Crippen LogP contribution in [0, 0.1) is 15.9 Å². The molecule has 1 aromatic heterocycles. The fourth-order valence-electron chi connectivity index (χ4n) is 2.59. The molecular formula is C19H15FN4O6S2. The number of oxime groups is 1. The minimum absolute atomic E-state index is 0.0788. The van der Waals surface area contributed by atoms with Gasteiger partial charge in [0.05, 0.1) is 20.6 Å². The van der Waals surface area contributed by atoms with Gasteiger partial charge in [0.1, 0.15) is 16.4 Å². The molecule has 2 aromatic carbocycles. The van der Waals surface area contributed by atoms with Crippen molar-refractivity contribution >= 4 is 32.4 Å². The third kappa shape index (κ3) is 5.12. The van der Waals surface area contributed by atoms with Gasteiger partial charge in [-0.25, -0.2) is 4.39 Å². The molecule has 0 aliphatic carbocycles. The Morgan fingerprint density at radius 2 is 1.88 bits per heavy atom. The van der Waals surface area contributed by atoms with E-state index in [4.69, 9.17) is 5.73 Å². The van der Waals surface area contributed by atoms with Crippen molar-refractivity contribution in [2.45, 2.75) is 9.79 Å². The summed E-state index contributed by atoms with van der Waals surface area (Å²) in [6.45, 7) is 0. The second kappa shape index (κ2) is 9.20. The molecule has 3 rings (SSSR count). The molecule has 0 spiro atoms. The summed E-state index contributed by atoms with van der Waals surface area (Å²) in [5.41, 5.74) is 6.38. The molecule has 0 amide bonds. The number of non-ortho nitro benzene ring substituents is 1. The number of nitro groups is 1. The summed E-state index contributed by atoms with van der Waals surface area (Å²) in [5.74, 6) is -0.928. The first kappa shape index (κ1) is 23.0. The molecule has 0 bridgehead atoms. The summed E-state index contributed by atoms with van der Waals surface area (Å²) in [5, 5.41) is 14.1. The zero-order valence-corrected chi connectivity index (χ0v) is 18.0. The summed E-state index contributed by atoms with van der Waals surface area (Å²) in [6, 6.07) is 11.1. The van der Waals surface area contributed by atoms with E-state index in [9.17, 15) is 27.1 Å². The minimum atomic E-state index is -4.43. The summed E-state index contributed by atoms with van der Waals surface area (Å²) >= 11 is 0. The molecule has 1 heterocycles. The maximum atomic E-state index is 13.5. The number of benzene rings is 2. The summed E-state index contributed by atoms with van der Waals surface area (Å²) in [4.78, 5) is 13.8.